The Morgan fingerprint density at radius 2 is 1.90 bits per heavy atom. The molecular weight excluding hydrogens is 262 g/mol. The lowest BCUT2D eigenvalue weighted by molar-refractivity contribution is 0.0989. The highest BCUT2D eigenvalue weighted by molar-refractivity contribution is 5.27. The zero-order chi connectivity index (χ0) is 14.7. The number of aliphatic hydroxyl groups is 1. The Kier molecular flexibility index (Phi) is 4.81. The van der Waals surface area contributed by atoms with Gasteiger partial charge in [-0.25, -0.2) is 0 Å². The zero-order valence-corrected chi connectivity index (χ0v) is 12.9. The van der Waals surface area contributed by atoms with Gasteiger partial charge in [-0.05, 0) is 67.6 Å². The molecule has 0 radical (unpaired) electrons. The number of ether oxygens (including phenoxy) is 1. The summed E-state index contributed by atoms with van der Waals surface area (Å²) in [6.45, 7) is 1.33. The second kappa shape index (κ2) is 6.80. The predicted molar refractivity (Wildman–Crippen MR) is 84.5 cm³/mol. The van der Waals surface area contributed by atoms with E-state index in [4.69, 9.17) is 4.74 Å². The van der Waals surface area contributed by atoms with Crippen LogP contribution >= 0.6 is 0 Å². The van der Waals surface area contributed by atoms with Crippen LogP contribution in [0.4, 0.5) is 0 Å². The SMILES string of the molecule is COc1ccc(C[C@H]2CC[C@@H]3NC[C@H](CO)C[C@H]3C2)cc1. The van der Waals surface area contributed by atoms with Crippen molar-refractivity contribution in [1.82, 2.24) is 5.32 Å². The summed E-state index contributed by atoms with van der Waals surface area (Å²) >= 11 is 0. The molecule has 1 saturated carbocycles. The molecule has 2 fully saturated rings. The molecule has 2 aliphatic rings. The summed E-state index contributed by atoms with van der Waals surface area (Å²) in [4.78, 5) is 0. The predicted octanol–water partition coefficient (Wildman–Crippen LogP) is 2.62. The minimum absolute atomic E-state index is 0.333. The molecular formula is C18H27NO2. The average molecular weight is 289 g/mol. The molecule has 0 spiro atoms. The third-order valence-corrected chi connectivity index (χ3v) is 5.34. The Labute approximate surface area is 127 Å². The van der Waals surface area contributed by atoms with E-state index in [9.17, 15) is 5.11 Å². The summed E-state index contributed by atoms with van der Waals surface area (Å²) in [7, 11) is 1.71. The lowest BCUT2D eigenvalue weighted by atomic mass is 9.71. The molecule has 2 N–H and O–H groups in total. The molecule has 0 unspecified atom stereocenters. The van der Waals surface area contributed by atoms with Crippen LogP contribution in [0, 0.1) is 17.8 Å². The molecule has 1 aromatic carbocycles. The van der Waals surface area contributed by atoms with Crippen LogP contribution in [0.25, 0.3) is 0 Å². The lowest BCUT2D eigenvalue weighted by Crippen LogP contribution is -2.49. The van der Waals surface area contributed by atoms with Crippen LogP contribution in [-0.4, -0.2) is 31.4 Å². The van der Waals surface area contributed by atoms with E-state index in [2.05, 4.69) is 29.6 Å². The second-order valence-electron chi connectivity index (χ2n) is 6.79. The van der Waals surface area contributed by atoms with Crippen LogP contribution in [0.15, 0.2) is 24.3 Å². The Morgan fingerprint density at radius 3 is 2.62 bits per heavy atom. The first-order chi connectivity index (χ1) is 10.3. The summed E-state index contributed by atoms with van der Waals surface area (Å²) in [5.41, 5.74) is 1.42. The zero-order valence-electron chi connectivity index (χ0n) is 12.9. The van der Waals surface area contributed by atoms with Gasteiger partial charge >= 0.3 is 0 Å². The van der Waals surface area contributed by atoms with Crippen molar-refractivity contribution in [2.45, 2.75) is 38.1 Å². The van der Waals surface area contributed by atoms with Gasteiger partial charge in [0.25, 0.3) is 0 Å². The molecule has 0 bridgehead atoms. The van der Waals surface area contributed by atoms with E-state index in [1.165, 1.54) is 37.7 Å². The highest BCUT2D eigenvalue weighted by Gasteiger charge is 2.35. The van der Waals surface area contributed by atoms with Crippen LogP contribution in [0.1, 0.15) is 31.2 Å². The first-order valence-electron chi connectivity index (χ1n) is 8.25. The fourth-order valence-corrected chi connectivity index (χ4v) is 4.14. The van der Waals surface area contributed by atoms with Crippen LogP contribution < -0.4 is 10.1 Å². The van der Waals surface area contributed by atoms with E-state index in [0.29, 0.717) is 18.6 Å². The standard InChI is InChI=1S/C18H27NO2/c1-21-17-5-2-13(3-6-17)8-14-4-7-18-16(9-14)10-15(12-20)11-19-18/h2-3,5-6,14-16,18-20H,4,7-12H2,1H3/t14-,15-,16-,18+/m1/s1. The van der Waals surface area contributed by atoms with Gasteiger partial charge < -0.3 is 15.2 Å². The van der Waals surface area contributed by atoms with Gasteiger partial charge in [-0.15, -0.1) is 0 Å². The highest BCUT2D eigenvalue weighted by atomic mass is 16.5. The number of hydrogen-bond acceptors (Lipinski definition) is 3. The molecule has 1 heterocycles. The Morgan fingerprint density at radius 1 is 1.14 bits per heavy atom. The molecule has 1 aliphatic heterocycles. The summed E-state index contributed by atoms with van der Waals surface area (Å²) in [5, 5.41) is 13.0. The largest absolute Gasteiger partial charge is 0.497 e. The lowest BCUT2D eigenvalue weighted by Gasteiger charge is -2.42. The summed E-state index contributed by atoms with van der Waals surface area (Å²) in [5.74, 6) is 2.95. The fraction of sp³-hybridized carbons (Fsp3) is 0.667. The van der Waals surface area contributed by atoms with E-state index in [1.807, 2.05) is 0 Å². The van der Waals surface area contributed by atoms with Crippen LogP contribution in [0.3, 0.4) is 0 Å². The van der Waals surface area contributed by atoms with Crippen molar-refractivity contribution in [3.05, 3.63) is 29.8 Å². The molecule has 1 aliphatic carbocycles. The minimum Gasteiger partial charge on any atom is -0.497 e. The molecule has 21 heavy (non-hydrogen) atoms. The first kappa shape index (κ1) is 14.9. The molecule has 3 rings (SSSR count). The van der Waals surface area contributed by atoms with Crippen molar-refractivity contribution < 1.29 is 9.84 Å². The molecule has 0 aromatic heterocycles. The van der Waals surface area contributed by atoms with Crippen LogP contribution in [0.5, 0.6) is 5.75 Å². The Balaban J connectivity index is 1.57. The molecule has 0 amide bonds. The smallest absolute Gasteiger partial charge is 0.118 e. The van der Waals surface area contributed by atoms with Gasteiger partial charge in [-0.3, -0.25) is 0 Å². The van der Waals surface area contributed by atoms with Gasteiger partial charge in [-0.2, -0.15) is 0 Å². The molecule has 116 valence electrons. The number of nitrogens with one attached hydrogen (secondary N) is 1. The molecule has 1 saturated heterocycles. The molecule has 1 aromatic rings. The number of piperidine rings is 1. The minimum atomic E-state index is 0.333. The topological polar surface area (TPSA) is 41.5 Å². The Bertz CT molecular complexity index is 445. The summed E-state index contributed by atoms with van der Waals surface area (Å²) < 4.78 is 5.22. The summed E-state index contributed by atoms with van der Waals surface area (Å²) in [6.07, 6.45) is 6.30. The number of benzene rings is 1. The van der Waals surface area contributed by atoms with E-state index in [1.54, 1.807) is 7.11 Å². The monoisotopic (exact) mass is 289 g/mol. The van der Waals surface area contributed by atoms with Gasteiger partial charge in [0.1, 0.15) is 5.75 Å². The highest BCUT2D eigenvalue weighted by Crippen LogP contribution is 2.37. The molecule has 3 nitrogen and oxygen atoms in total. The molecule has 4 atom stereocenters. The van der Waals surface area contributed by atoms with E-state index in [0.717, 1.165) is 24.1 Å². The average Bonchev–Trinajstić information content (AvgIpc) is 2.55. The number of hydrogen-bond donors (Lipinski definition) is 2. The van der Waals surface area contributed by atoms with Crippen LogP contribution in [-0.2, 0) is 6.42 Å². The van der Waals surface area contributed by atoms with Gasteiger partial charge in [0.2, 0.25) is 0 Å². The quantitative estimate of drug-likeness (QED) is 0.895. The second-order valence-corrected chi connectivity index (χ2v) is 6.79. The third-order valence-electron chi connectivity index (χ3n) is 5.34. The maximum absolute atomic E-state index is 9.38. The van der Waals surface area contributed by atoms with Gasteiger partial charge in [-0.1, -0.05) is 12.1 Å². The Hall–Kier alpha value is -1.06. The number of fused-ring (bicyclic) bond motifs is 1. The number of methoxy groups -OCH3 is 1. The van der Waals surface area contributed by atoms with Crippen molar-refractivity contribution in [3.8, 4) is 5.75 Å². The normalized spacial score (nSPS) is 32.5. The maximum Gasteiger partial charge on any atom is 0.118 e. The van der Waals surface area contributed by atoms with Crippen molar-refractivity contribution >= 4 is 0 Å². The van der Waals surface area contributed by atoms with Crippen molar-refractivity contribution in [1.29, 1.82) is 0 Å². The number of aliphatic hydroxyl groups excluding tert-OH is 1. The third kappa shape index (κ3) is 3.58. The number of rotatable bonds is 4. The van der Waals surface area contributed by atoms with Gasteiger partial charge in [0.15, 0.2) is 0 Å². The van der Waals surface area contributed by atoms with Gasteiger partial charge in [0.05, 0.1) is 7.11 Å². The van der Waals surface area contributed by atoms with Crippen molar-refractivity contribution in [2.75, 3.05) is 20.3 Å². The van der Waals surface area contributed by atoms with E-state index >= 15 is 0 Å². The van der Waals surface area contributed by atoms with Crippen LogP contribution in [0.2, 0.25) is 0 Å². The van der Waals surface area contributed by atoms with E-state index < -0.39 is 0 Å². The van der Waals surface area contributed by atoms with E-state index in [-0.39, 0.29) is 0 Å². The molecule has 3 heteroatoms. The van der Waals surface area contributed by atoms with Crippen molar-refractivity contribution in [3.63, 3.8) is 0 Å². The summed E-state index contributed by atoms with van der Waals surface area (Å²) in [6, 6.07) is 9.21. The maximum atomic E-state index is 9.38. The van der Waals surface area contributed by atoms with Crippen molar-refractivity contribution in [2.24, 2.45) is 17.8 Å². The fourth-order valence-electron chi connectivity index (χ4n) is 4.14. The first-order valence-corrected chi connectivity index (χ1v) is 8.25. The van der Waals surface area contributed by atoms with Gasteiger partial charge in [0, 0.05) is 19.2 Å².